The molecule has 2 rings (SSSR count). The molecule has 1 fully saturated rings. The Balaban J connectivity index is 2.12. The van der Waals surface area contributed by atoms with Crippen molar-refractivity contribution in [3.05, 3.63) is 21.9 Å². The van der Waals surface area contributed by atoms with Crippen molar-refractivity contribution in [2.24, 2.45) is 0 Å². The number of nitrogens with zero attached hydrogens (tertiary/aromatic N) is 1. The summed E-state index contributed by atoms with van der Waals surface area (Å²) >= 11 is 5.05. The largest absolute Gasteiger partial charge is 0.334 e. The maximum absolute atomic E-state index is 12.5. The van der Waals surface area contributed by atoms with E-state index in [4.69, 9.17) is 0 Å². The van der Waals surface area contributed by atoms with Gasteiger partial charge in [0.2, 0.25) is 0 Å². The van der Waals surface area contributed by atoms with Crippen molar-refractivity contribution < 1.29 is 4.79 Å². The van der Waals surface area contributed by atoms with Crippen LogP contribution in [0.15, 0.2) is 12.1 Å². The van der Waals surface area contributed by atoms with Crippen molar-refractivity contribution >= 4 is 33.2 Å². The summed E-state index contributed by atoms with van der Waals surface area (Å²) in [5.74, 6) is 0.217. The first kappa shape index (κ1) is 13.1. The van der Waals surface area contributed by atoms with Crippen LogP contribution in [-0.2, 0) is 0 Å². The molecule has 0 N–H and O–H groups in total. The van der Waals surface area contributed by atoms with Crippen molar-refractivity contribution in [2.75, 3.05) is 11.9 Å². The molecule has 2 nitrogen and oxygen atoms in total. The zero-order valence-electron chi connectivity index (χ0n) is 10.1. The van der Waals surface area contributed by atoms with Crippen molar-refractivity contribution in [1.82, 2.24) is 4.90 Å². The number of aryl methyl sites for hydroxylation is 1. The molecule has 0 atom stereocenters. The SMILES string of the molecule is Cc1ccc(C(=O)N(CCBr)C2CCCC2)s1. The third-order valence-electron chi connectivity index (χ3n) is 3.30. The van der Waals surface area contributed by atoms with Gasteiger partial charge in [-0.15, -0.1) is 11.3 Å². The van der Waals surface area contributed by atoms with Gasteiger partial charge in [0.15, 0.2) is 0 Å². The molecule has 0 aliphatic heterocycles. The molecule has 1 heterocycles. The topological polar surface area (TPSA) is 20.3 Å². The normalized spacial score (nSPS) is 16.4. The van der Waals surface area contributed by atoms with Gasteiger partial charge in [0.1, 0.15) is 0 Å². The summed E-state index contributed by atoms with van der Waals surface area (Å²) in [6, 6.07) is 4.44. The lowest BCUT2D eigenvalue weighted by atomic mass is 10.2. The van der Waals surface area contributed by atoms with Gasteiger partial charge in [0.05, 0.1) is 4.88 Å². The Morgan fingerprint density at radius 2 is 2.18 bits per heavy atom. The molecule has 0 saturated heterocycles. The average Bonchev–Trinajstić information content (AvgIpc) is 2.95. The van der Waals surface area contributed by atoms with Gasteiger partial charge in [-0.25, -0.2) is 0 Å². The highest BCUT2D eigenvalue weighted by molar-refractivity contribution is 9.09. The van der Waals surface area contributed by atoms with Gasteiger partial charge in [-0.2, -0.15) is 0 Å². The minimum absolute atomic E-state index is 0.217. The van der Waals surface area contributed by atoms with Crippen LogP contribution in [0.25, 0.3) is 0 Å². The Morgan fingerprint density at radius 1 is 1.47 bits per heavy atom. The molecule has 1 aliphatic rings. The second kappa shape index (κ2) is 6.01. The molecule has 1 aromatic heterocycles. The van der Waals surface area contributed by atoms with Crippen LogP contribution in [0.3, 0.4) is 0 Å². The van der Waals surface area contributed by atoms with E-state index in [0.29, 0.717) is 6.04 Å². The number of rotatable bonds is 4. The van der Waals surface area contributed by atoms with E-state index in [-0.39, 0.29) is 5.91 Å². The molecule has 1 saturated carbocycles. The molecular formula is C13H18BrNOS. The van der Waals surface area contributed by atoms with Crippen molar-refractivity contribution in [3.8, 4) is 0 Å². The highest BCUT2D eigenvalue weighted by Gasteiger charge is 2.27. The third kappa shape index (κ3) is 3.10. The van der Waals surface area contributed by atoms with Gasteiger partial charge in [0, 0.05) is 22.8 Å². The lowest BCUT2D eigenvalue weighted by Crippen LogP contribution is -2.39. The van der Waals surface area contributed by atoms with Crippen LogP contribution in [0.2, 0.25) is 0 Å². The number of thiophene rings is 1. The zero-order valence-corrected chi connectivity index (χ0v) is 12.5. The fourth-order valence-corrected chi connectivity index (χ4v) is 3.65. The molecule has 0 bridgehead atoms. The van der Waals surface area contributed by atoms with Crippen LogP contribution in [-0.4, -0.2) is 28.7 Å². The Hall–Kier alpha value is -0.350. The molecule has 1 aliphatic carbocycles. The number of hydrogen-bond acceptors (Lipinski definition) is 2. The van der Waals surface area contributed by atoms with E-state index in [2.05, 4.69) is 20.8 Å². The van der Waals surface area contributed by atoms with Crippen molar-refractivity contribution in [1.29, 1.82) is 0 Å². The van der Waals surface area contributed by atoms with Crippen molar-refractivity contribution in [2.45, 2.75) is 38.6 Å². The Kier molecular flexibility index (Phi) is 4.62. The molecule has 0 spiro atoms. The van der Waals surface area contributed by atoms with E-state index in [1.807, 2.05) is 19.1 Å². The maximum Gasteiger partial charge on any atom is 0.264 e. The minimum Gasteiger partial charge on any atom is -0.334 e. The van der Waals surface area contributed by atoms with E-state index in [1.54, 1.807) is 11.3 Å². The van der Waals surface area contributed by atoms with Gasteiger partial charge in [-0.1, -0.05) is 28.8 Å². The van der Waals surface area contributed by atoms with E-state index >= 15 is 0 Å². The van der Waals surface area contributed by atoms with E-state index in [1.165, 1.54) is 30.6 Å². The van der Waals surface area contributed by atoms with E-state index in [0.717, 1.165) is 16.8 Å². The standard InChI is InChI=1S/C13H18BrNOS/c1-10-6-7-12(17-10)13(16)15(9-8-14)11-4-2-3-5-11/h6-7,11H,2-5,8-9H2,1H3. The molecule has 94 valence electrons. The summed E-state index contributed by atoms with van der Waals surface area (Å²) in [6.45, 7) is 2.87. The van der Waals surface area contributed by atoms with Gasteiger partial charge in [-0.3, -0.25) is 4.79 Å². The van der Waals surface area contributed by atoms with Crippen molar-refractivity contribution in [3.63, 3.8) is 0 Å². The fourth-order valence-electron chi connectivity index (χ4n) is 2.45. The maximum atomic E-state index is 12.5. The Labute approximate surface area is 115 Å². The average molecular weight is 316 g/mol. The summed E-state index contributed by atoms with van der Waals surface area (Å²) in [5, 5.41) is 0.861. The first-order valence-corrected chi connectivity index (χ1v) is 8.09. The Bertz CT molecular complexity index is 385. The first-order chi connectivity index (χ1) is 8.22. The third-order valence-corrected chi connectivity index (χ3v) is 4.65. The summed E-state index contributed by atoms with van der Waals surface area (Å²) in [5.41, 5.74) is 0. The van der Waals surface area contributed by atoms with Crippen LogP contribution in [0, 0.1) is 6.92 Å². The van der Waals surface area contributed by atoms with Gasteiger partial charge in [0.25, 0.3) is 5.91 Å². The molecule has 17 heavy (non-hydrogen) atoms. The summed E-state index contributed by atoms with van der Waals surface area (Å²) in [7, 11) is 0. The van der Waals surface area contributed by atoms with Crippen LogP contribution in [0.4, 0.5) is 0 Å². The smallest absolute Gasteiger partial charge is 0.264 e. The van der Waals surface area contributed by atoms with Gasteiger partial charge < -0.3 is 4.90 Å². The summed E-state index contributed by atoms with van der Waals surface area (Å²) in [6.07, 6.45) is 4.87. The number of alkyl halides is 1. The van der Waals surface area contributed by atoms with Crippen LogP contribution < -0.4 is 0 Å². The quantitative estimate of drug-likeness (QED) is 0.773. The summed E-state index contributed by atoms with van der Waals surface area (Å²) in [4.78, 5) is 16.6. The number of carbonyl (C=O) groups is 1. The van der Waals surface area contributed by atoms with Crippen LogP contribution >= 0.6 is 27.3 Å². The van der Waals surface area contributed by atoms with Crippen LogP contribution in [0.5, 0.6) is 0 Å². The van der Waals surface area contributed by atoms with E-state index in [9.17, 15) is 4.79 Å². The fraction of sp³-hybridized carbons (Fsp3) is 0.615. The molecule has 0 aromatic carbocycles. The zero-order chi connectivity index (χ0) is 12.3. The number of hydrogen-bond donors (Lipinski definition) is 0. The van der Waals surface area contributed by atoms with E-state index < -0.39 is 0 Å². The van der Waals surface area contributed by atoms with Gasteiger partial charge in [-0.05, 0) is 31.9 Å². The molecule has 0 radical (unpaired) electrons. The second-order valence-corrected chi connectivity index (χ2v) is 6.62. The summed E-state index contributed by atoms with van der Waals surface area (Å²) < 4.78 is 0. The minimum atomic E-state index is 0.217. The second-order valence-electron chi connectivity index (χ2n) is 4.54. The molecular weight excluding hydrogens is 298 g/mol. The number of halogens is 1. The lowest BCUT2D eigenvalue weighted by molar-refractivity contribution is 0.0701. The Morgan fingerprint density at radius 3 is 2.71 bits per heavy atom. The number of carbonyl (C=O) groups excluding carboxylic acids is 1. The van der Waals surface area contributed by atoms with Gasteiger partial charge >= 0.3 is 0 Å². The highest BCUT2D eigenvalue weighted by Crippen LogP contribution is 2.26. The molecule has 1 aromatic rings. The first-order valence-electron chi connectivity index (χ1n) is 6.15. The lowest BCUT2D eigenvalue weighted by Gasteiger charge is -2.27. The molecule has 1 amide bonds. The predicted molar refractivity (Wildman–Crippen MR) is 76.1 cm³/mol. The molecule has 4 heteroatoms. The molecule has 0 unspecified atom stereocenters. The predicted octanol–water partition coefficient (Wildman–Crippen LogP) is 3.84. The highest BCUT2D eigenvalue weighted by atomic mass is 79.9. The number of amides is 1. The van der Waals surface area contributed by atoms with Crippen LogP contribution in [0.1, 0.15) is 40.2 Å². The monoisotopic (exact) mass is 315 g/mol.